The molecule has 2 aromatic carbocycles. The maximum atomic E-state index is 12.9. The molecule has 2 heterocycles. The first kappa shape index (κ1) is 17.1. The SMILES string of the molecule is COc1cc2c(cc1OC(=O)c1ccccc1)NC(=O)[C@@H]1CCCN1C2=O. The molecular formula is C20H18N2O5. The summed E-state index contributed by atoms with van der Waals surface area (Å²) in [5.74, 6) is -0.630. The van der Waals surface area contributed by atoms with E-state index >= 15 is 0 Å². The van der Waals surface area contributed by atoms with Gasteiger partial charge in [0.1, 0.15) is 6.04 Å². The maximum absolute atomic E-state index is 12.9. The Bertz CT molecular complexity index is 925. The molecular weight excluding hydrogens is 348 g/mol. The van der Waals surface area contributed by atoms with E-state index < -0.39 is 12.0 Å². The Kier molecular flexibility index (Phi) is 4.27. The lowest BCUT2D eigenvalue weighted by atomic mass is 10.1. The largest absolute Gasteiger partial charge is 0.493 e. The summed E-state index contributed by atoms with van der Waals surface area (Å²) in [5, 5.41) is 2.78. The number of amides is 2. The van der Waals surface area contributed by atoms with Gasteiger partial charge in [-0.1, -0.05) is 18.2 Å². The van der Waals surface area contributed by atoms with Gasteiger partial charge in [-0.15, -0.1) is 0 Å². The zero-order chi connectivity index (χ0) is 19.0. The Hall–Kier alpha value is -3.35. The van der Waals surface area contributed by atoms with Gasteiger partial charge < -0.3 is 19.7 Å². The van der Waals surface area contributed by atoms with Crippen molar-refractivity contribution in [3.8, 4) is 11.5 Å². The minimum atomic E-state index is -0.555. The summed E-state index contributed by atoms with van der Waals surface area (Å²) in [4.78, 5) is 39.3. The molecule has 0 aromatic heterocycles. The van der Waals surface area contributed by atoms with E-state index in [-0.39, 0.29) is 23.3 Å². The molecule has 27 heavy (non-hydrogen) atoms. The van der Waals surface area contributed by atoms with Crippen LogP contribution in [0.5, 0.6) is 11.5 Å². The van der Waals surface area contributed by atoms with E-state index in [4.69, 9.17) is 9.47 Å². The second-order valence-corrected chi connectivity index (χ2v) is 6.45. The minimum absolute atomic E-state index is 0.139. The van der Waals surface area contributed by atoms with Crippen LogP contribution in [0, 0.1) is 0 Å². The molecule has 0 radical (unpaired) electrons. The smallest absolute Gasteiger partial charge is 0.343 e. The van der Waals surface area contributed by atoms with Crippen LogP contribution in [0.3, 0.4) is 0 Å². The second-order valence-electron chi connectivity index (χ2n) is 6.45. The van der Waals surface area contributed by atoms with E-state index in [0.717, 1.165) is 6.42 Å². The maximum Gasteiger partial charge on any atom is 0.343 e. The number of benzene rings is 2. The van der Waals surface area contributed by atoms with Crippen LogP contribution in [-0.2, 0) is 4.79 Å². The highest BCUT2D eigenvalue weighted by atomic mass is 16.6. The average Bonchev–Trinajstić information content (AvgIpc) is 3.15. The highest BCUT2D eigenvalue weighted by Crippen LogP contribution is 2.37. The van der Waals surface area contributed by atoms with E-state index in [1.807, 2.05) is 0 Å². The molecule has 2 aliphatic heterocycles. The molecule has 2 aromatic rings. The monoisotopic (exact) mass is 366 g/mol. The highest BCUT2D eigenvalue weighted by molar-refractivity contribution is 6.10. The standard InChI is InChI=1S/C20H18N2O5/c1-26-16-10-13-14(21-18(23)15-8-5-9-22(15)19(13)24)11-17(16)27-20(25)12-6-3-2-4-7-12/h2-4,6-7,10-11,15H,5,8-9H2,1H3,(H,21,23)/t15-/m0/s1. The van der Waals surface area contributed by atoms with Gasteiger partial charge in [0.05, 0.1) is 23.9 Å². The Morgan fingerprint density at radius 3 is 2.67 bits per heavy atom. The third-order valence-corrected chi connectivity index (χ3v) is 4.82. The fraction of sp³-hybridized carbons (Fsp3) is 0.250. The van der Waals surface area contributed by atoms with Crippen molar-refractivity contribution >= 4 is 23.5 Å². The fourth-order valence-electron chi connectivity index (χ4n) is 3.47. The molecule has 7 nitrogen and oxygen atoms in total. The van der Waals surface area contributed by atoms with Gasteiger partial charge in [-0.05, 0) is 31.0 Å². The summed E-state index contributed by atoms with van der Waals surface area (Å²) in [6.45, 7) is 0.545. The van der Waals surface area contributed by atoms with Crippen LogP contribution in [0.25, 0.3) is 0 Å². The molecule has 0 unspecified atom stereocenters. The number of anilines is 1. The summed E-state index contributed by atoms with van der Waals surface area (Å²) in [7, 11) is 1.43. The van der Waals surface area contributed by atoms with Gasteiger partial charge in [-0.3, -0.25) is 9.59 Å². The van der Waals surface area contributed by atoms with Crippen LogP contribution < -0.4 is 14.8 Å². The molecule has 4 rings (SSSR count). The molecule has 138 valence electrons. The lowest BCUT2D eigenvalue weighted by molar-refractivity contribution is -0.119. The Morgan fingerprint density at radius 2 is 1.93 bits per heavy atom. The van der Waals surface area contributed by atoms with Crippen molar-refractivity contribution in [1.29, 1.82) is 0 Å². The Morgan fingerprint density at radius 1 is 1.15 bits per heavy atom. The summed E-state index contributed by atoms with van der Waals surface area (Å²) in [5.41, 5.74) is 1.02. The first-order valence-electron chi connectivity index (χ1n) is 8.69. The number of hydrogen-bond acceptors (Lipinski definition) is 5. The van der Waals surface area contributed by atoms with Gasteiger partial charge in [0, 0.05) is 12.6 Å². The molecule has 1 N–H and O–H groups in total. The predicted molar refractivity (Wildman–Crippen MR) is 97.1 cm³/mol. The van der Waals surface area contributed by atoms with Crippen molar-refractivity contribution in [2.75, 3.05) is 19.0 Å². The third-order valence-electron chi connectivity index (χ3n) is 4.82. The van der Waals surface area contributed by atoms with Gasteiger partial charge in [0.2, 0.25) is 5.91 Å². The van der Waals surface area contributed by atoms with E-state index in [1.54, 1.807) is 35.2 Å². The third kappa shape index (κ3) is 3.01. The average molecular weight is 366 g/mol. The number of ether oxygens (including phenoxy) is 2. The molecule has 0 bridgehead atoms. The topological polar surface area (TPSA) is 84.9 Å². The number of hydrogen-bond donors (Lipinski definition) is 1. The summed E-state index contributed by atoms with van der Waals surface area (Å²) < 4.78 is 10.8. The van der Waals surface area contributed by atoms with Crippen molar-refractivity contribution in [1.82, 2.24) is 4.90 Å². The summed E-state index contributed by atoms with van der Waals surface area (Å²) >= 11 is 0. The number of nitrogens with zero attached hydrogens (tertiary/aromatic N) is 1. The van der Waals surface area contributed by atoms with E-state index in [9.17, 15) is 14.4 Å². The number of nitrogens with one attached hydrogen (secondary N) is 1. The minimum Gasteiger partial charge on any atom is -0.493 e. The molecule has 7 heteroatoms. The molecule has 0 spiro atoms. The molecule has 1 saturated heterocycles. The second kappa shape index (κ2) is 6.75. The van der Waals surface area contributed by atoms with Gasteiger partial charge in [0.25, 0.3) is 5.91 Å². The normalized spacial score (nSPS) is 18.3. The van der Waals surface area contributed by atoms with Crippen molar-refractivity contribution < 1.29 is 23.9 Å². The molecule has 2 aliphatic rings. The predicted octanol–water partition coefficient (Wildman–Crippen LogP) is 2.47. The zero-order valence-corrected chi connectivity index (χ0v) is 14.7. The molecule has 0 aliphatic carbocycles. The molecule has 0 saturated carbocycles. The lowest BCUT2D eigenvalue weighted by Crippen LogP contribution is -2.40. The molecule has 2 amide bonds. The van der Waals surface area contributed by atoms with E-state index in [2.05, 4.69) is 5.32 Å². The number of carbonyl (C=O) groups excluding carboxylic acids is 3. The Balaban J connectivity index is 1.71. The van der Waals surface area contributed by atoms with Gasteiger partial charge in [0.15, 0.2) is 11.5 Å². The number of methoxy groups -OCH3 is 1. The summed E-state index contributed by atoms with van der Waals surface area (Å²) in [6.07, 6.45) is 1.43. The van der Waals surface area contributed by atoms with Crippen LogP contribution in [-0.4, -0.2) is 42.4 Å². The number of carbonyl (C=O) groups is 3. The number of esters is 1. The number of rotatable bonds is 3. The fourth-order valence-corrected chi connectivity index (χ4v) is 3.47. The molecule has 1 atom stereocenters. The van der Waals surface area contributed by atoms with Crippen LogP contribution >= 0.6 is 0 Å². The van der Waals surface area contributed by atoms with Gasteiger partial charge in [-0.2, -0.15) is 0 Å². The zero-order valence-electron chi connectivity index (χ0n) is 14.7. The quantitative estimate of drug-likeness (QED) is 0.666. The first-order chi connectivity index (χ1) is 13.1. The summed E-state index contributed by atoms with van der Waals surface area (Å²) in [6, 6.07) is 11.0. The van der Waals surface area contributed by atoms with E-state index in [0.29, 0.717) is 29.8 Å². The van der Waals surface area contributed by atoms with E-state index in [1.165, 1.54) is 19.2 Å². The van der Waals surface area contributed by atoms with Crippen molar-refractivity contribution in [3.63, 3.8) is 0 Å². The van der Waals surface area contributed by atoms with Crippen LogP contribution in [0.2, 0.25) is 0 Å². The van der Waals surface area contributed by atoms with Gasteiger partial charge in [-0.25, -0.2) is 4.79 Å². The van der Waals surface area contributed by atoms with Crippen molar-refractivity contribution in [2.45, 2.75) is 18.9 Å². The molecule has 1 fully saturated rings. The number of fused-ring (bicyclic) bond motifs is 2. The first-order valence-corrected chi connectivity index (χ1v) is 8.69. The van der Waals surface area contributed by atoms with Gasteiger partial charge >= 0.3 is 5.97 Å². The Labute approximate surface area is 155 Å². The van der Waals surface area contributed by atoms with Crippen molar-refractivity contribution in [2.24, 2.45) is 0 Å². The van der Waals surface area contributed by atoms with Crippen LogP contribution in [0.15, 0.2) is 42.5 Å². The van der Waals surface area contributed by atoms with Crippen LogP contribution in [0.4, 0.5) is 5.69 Å². The van der Waals surface area contributed by atoms with Crippen LogP contribution in [0.1, 0.15) is 33.6 Å². The lowest BCUT2D eigenvalue weighted by Gasteiger charge is -2.20. The highest BCUT2D eigenvalue weighted by Gasteiger charge is 2.39. The van der Waals surface area contributed by atoms with Crippen molar-refractivity contribution in [3.05, 3.63) is 53.6 Å².